The van der Waals surface area contributed by atoms with Crippen LogP contribution >= 0.6 is 0 Å². The number of amides is 1. The molecule has 1 unspecified atom stereocenters. The number of aliphatic hydroxyl groups is 1. The largest absolute Gasteiger partial charge is 0.409 e. The van der Waals surface area contributed by atoms with E-state index in [0.29, 0.717) is 0 Å². The van der Waals surface area contributed by atoms with Crippen LogP contribution in [0.15, 0.2) is 0 Å². The van der Waals surface area contributed by atoms with Crippen LogP contribution in [0.2, 0.25) is 18.1 Å². The molecular formula is C17H33NO6Si. The number of hydrogen-bond acceptors (Lipinski definition) is 6. The summed E-state index contributed by atoms with van der Waals surface area (Å²) < 4.78 is 24.3. The molecule has 2 fully saturated rings. The van der Waals surface area contributed by atoms with Gasteiger partial charge in [-0.2, -0.15) is 0 Å². The topological polar surface area (TPSA) is 100 Å². The van der Waals surface area contributed by atoms with E-state index in [1.165, 1.54) is 0 Å². The molecule has 0 saturated carbocycles. The molecule has 2 heterocycles. The molecule has 25 heavy (non-hydrogen) atoms. The molecule has 0 aliphatic carbocycles. The predicted octanol–water partition coefficient (Wildman–Crippen LogP) is 1.53. The van der Waals surface area contributed by atoms with Crippen LogP contribution in [0.4, 0.5) is 0 Å². The second-order valence-corrected chi connectivity index (χ2v) is 13.7. The first-order valence-corrected chi connectivity index (χ1v) is 11.8. The highest BCUT2D eigenvalue weighted by Crippen LogP contribution is 2.43. The zero-order valence-corrected chi connectivity index (χ0v) is 17.4. The molecule has 5 atom stereocenters. The molecule has 3 N–H and O–H groups in total. The third-order valence-electron chi connectivity index (χ3n) is 5.39. The highest BCUT2D eigenvalue weighted by Gasteiger charge is 2.58. The highest BCUT2D eigenvalue weighted by molar-refractivity contribution is 6.74. The van der Waals surface area contributed by atoms with Crippen LogP contribution in [0.5, 0.6) is 0 Å². The zero-order chi connectivity index (χ0) is 19.2. The van der Waals surface area contributed by atoms with Gasteiger partial charge in [-0.25, -0.2) is 0 Å². The summed E-state index contributed by atoms with van der Waals surface area (Å²) in [4.78, 5) is 11.4. The van der Waals surface area contributed by atoms with Crippen LogP contribution < -0.4 is 5.73 Å². The number of ether oxygens (including phenoxy) is 3. The Kier molecular flexibility index (Phi) is 5.74. The van der Waals surface area contributed by atoms with E-state index in [2.05, 4.69) is 33.9 Å². The standard InChI is InChI=1S/C17H33NO6Si/c1-16(2,3)25(6,7)24-11(9-19)13-15-14(22-17(4,5)23-15)10(21-13)8-12(18)20/h10-11,13-15,19H,8-9H2,1-7H3,(H2,18,20)/t10?,11-,13-,14+,15+/m1/s1. The monoisotopic (exact) mass is 375 g/mol. The van der Waals surface area contributed by atoms with E-state index >= 15 is 0 Å². The molecule has 0 bridgehead atoms. The van der Waals surface area contributed by atoms with Gasteiger partial charge in [-0.15, -0.1) is 0 Å². The number of hydrogen-bond donors (Lipinski definition) is 2. The lowest BCUT2D eigenvalue weighted by atomic mass is 10.0. The first-order valence-electron chi connectivity index (χ1n) is 8.85. The lowest BCUT2D eigenvalue weighted by molar-refractivity contribution is -0.198. The zero-order valence-electron chi connectivity index (χ0n) is 16.4. The molecule has 0 spiro atoms. The summed E-state index contributed by atoms with van der Waals surface area (Å²) in [5.41, 5.74) is 5.35. The van der Waals surface area contributed by atoms with Crippen LogP contribution in [-0.2, 0) is 23.4 Å². The fraction of sp³-hybridized carbons (Fsp3) is 0.941. The second kappa shape index (κ2) is 6.90. The molecule has 0 radical (unpaired) electrons. The Morgan fingerprint density at radius 2 is 1.84 bits per heavy atom. The van der Waals surface area contributed by atoms with Crippen molar-refractivity contribution in [3.63, 3.8) is 0 Å². The maximum absolute atomic E-state index is 11.4. The van der Waals surface area contributed by atoms with E-state index < -0.39 is 50.5 Å². The van der Waals surface area contributed by atoms with Crippen molar-refractivity contribution in [3.05, 3.63) is 0 Å². The molecular weight excluding hydrogens is 342 g/mol. The lowest BCUT2D eigenvalue weighted by Gasteiger charge is -2.40. The number of aliphatic hydroxyl groups excluding tert-OH is 1. The Hall–Kier alpha value is -0.513. The third kappa shape index (κ3) is 4.43. The van der Waals surface area contributed by atoms with E-state index in [1.54, 1.807) is 0 Å². The maximum atomic E-state index is 11.4. The van der Waals surface area contributed by atoms with Gasteiger partial charge in [0.15, 0.2) is 14.1 Å². The third-order valence-corrected chi connectivity index (χ3v) is 9.89. The van der Waals surface area contributed by atoms with Gasteiger partial charge in [0.1, 0.15) is 18.3 Å². The Labute approximate surface area is 151 Å². The van der Waals surface area contributed by atoms with Gasteiger partial charge in [0.05, 0.1) is 25.2 Å². The van der Waals surface area contributed by atoms with Crippen molar-refractivity contribution >= 4 is 14.2 Å². The Morgan fingerprint density at radius 3 is 2.32 bits per heavy atom. The van der Waals surface area contributed by atoms with Crippen molar-refractivity contribution in [1.29, 1.82) is 0 Å². The number of fused-ring (bicyclic) bond motifs is 1. The summed E-state index contributed by atoms with van der Waals surface area (Å²) in [7, 11) is -2.12. The molecule has 2 rings (SSSR count). The van der Waals surface area contributed by atoms with E-state index in [1.807, 2.05) is 13.8 Å². The number of carbonyl (C=O) groups excluding carboxylic acids is 1. The van der Waals surface area contributed by atoms with Crippen LogP contribution in [0.3, 0.4) is 0 Å². The van der Waals surface area contributed by atoms with Crippen molar-refractivity contribution in [2.45, 2.75) is 95.5 Å². The molecule has 2 saturated heterocycles. The normalized spacial score (nSPS) is 33.3. The summed E-state index contributed by atoms with van der Waals surface area (Å²) in [5.74, 6) is -1.23. The van der Waals surface area contributed by atoms with Gasteiger partial charge in [0, 0.05) is 0 Å². The van der Waals surface area contributed by atoms with Crippen molar-refractivity contribution in [3.8, 4) is 0 Å². The van der Waals surface area contributed by atoms with Crippen molar-refractivity contribution in [1.82, 2.24) is 0 Å². The molecule has 2 aliphatic rings. The second-order valence-electron chi connectivity index (χ2n) is 8.97. The van der Waals surface area contributed by atoms with Gasteiger partial charge in [-0.3, -0.25) is 4.79 Å². The van der Waals surface area contributed by atoms with Gasteiger partial charge in [0.25, 0.3) is 0 Å². The average Bonchev–Trinajstić information content (AvgIpc) is 2.89. The van der Waals surface area contributed by atoms with E-state index in [4.69, 9.17) is 24.4 Å². The SMILES string of the molecule is CC1(C)O[C@H]2[C@@H]([C@@H](CO)O[Si](C)(C)C(C)(C)C)OC(CC(N)=O)[C@@H]2O1. The molecule has 0 aromatic heterocycles. The minimum absolute atomic E-state index is 0.00262. The van der Waals surface area contributed by atoms with Gasteiger partial charge in [0.2, 0.25) is 5.91 Å². The lowest BCUT2D eigenvalue weighted by Crippen LogP contribution is -2.51. The number of nitrogens with two attached hydrogens (primary N) is 1. The number of carbonyl (C=O) groups is 1. The summed E-state index contributed by atoms with van der Waals surface area (Å²) >= 11 is 0. The van der Waals surface area contributed by atoms with Gasteiger partial charge in [-0.1, -0.05) is 20.8 Å². The minimum atomic E-state index is -2.12. The van der Waals surface area contributed by atoms with E-state index in [9.17, 15) is 9.90 Å². The smallest absolute Gasteiger partial charge is 0.220 e. The summed E-state index contributed by atoms with van der Waals surface area (Å²) in [6, 6.07) is 0. The molecule has 0 aromatic rings. The van der Waals surface area contributed by atoms with E-state index in [0.717, 1.165) is 0 Å². The van der Waals surface area contributed by atoms with Gasteiger partial charge >= 0.3 is 0 Å². The molecule has 146 valence electrons. The van der Waals surface area contributed by atoms with Crippen LogP contribution in [-0.4, -0.2) is 62.2 Å². The number of primary amides is 1. The maximum Gasteiger partial charge on any atom is 0.220 e. The van der Waals surface area contributed by atoms with Crippen molar-refractivity contribution < 1.29 is 28.5 Å². The molecule has 1 amide bonds. The van der Waals surface area contributed by atoms with Gasteiger partial charge < -0.3 is 29.5 Å². The molecule has 8 heteroatoms. The predicted molar refractivity (Wildman–Crippen MR) is 95.5 cm³/mol. The Bertz CT molecular complexity index is 504. The van der Waals surface area contributed by atoms with Crippen LogP contribution in [0.1, 0.15) is 41.0 Å². The van der Waals surface area contributed by atoms with Crippen molar-refractivity contribution in [2.24, 2.45) is 5.73 Å². The Balaban J connectivity index is 2.22. The summed E-state index contributed by atoms with van der Waals surface area (Å²) in [6.07, 6.45) is -2.29. The van der Waals surface area contributed by atoms with E-state index in [-0.39, 0.29) is 18.1 Å². The fourth-order valence-corrected chi connectivity index (χ4v) is 4.46. The number of rotatable bonds is 6. The Morgan fingerprint density at radius 1 is 1.28 bits per heavy atom. The van der Waals surface area contributed by atoms with Crippen molar-refractivity contribution in [2.75, 3.05) is 6.61 Å². The summed E-state index contributed by atoms with van der Waals surface area (Å²) in [5, 5.41) is 9.96. The van der Waals surface area contributed by atoms with Gasteiger partial charge in [-0.05, 0) is 32.0 Å². The quantitative estimate of drug-likeness (QED) is 0.683. The molecule has 2 aliphatic heterocycles. The molecule has 0 aromatic carbocycles. The van der Waals surface area contributed by atoms with Crippen LogP contribution in [0, 0.1) is 0 Å². The fourth-order valence-electron chi connectivity index (χ4n) is 3.14. The average molecular weight is 376 g/mol. The minimum Gasteiger partial charge on any atom is -0.409 e. The molecule has 7 nitrogen and oxygen atoms in total. The summed E-state index contributed by atoms with van der Waals surface area (Å²) in [6.45, 7) is 14.1. The first-order chi connectivity index (χ1) is 11.3. The highest BCUT2D eigenvalue weighted by atomic mass is 28.4. The van der Waals surface area contributed by atoms with Crippen LogP contribution in [0.25, 0.3) is 0 Å². The first kappa shape index (κ1) is 20.8.